The van der Waals surface area contributed by atoms with Crippen LogP contribution in [0.4, 0.5) is 0 Å². The molecule has 0 aliphatic carbocycles. The van der Waals surface area contributed by atoms with Crippen molar-refractivity contribution in [3.8, 4) is 0 Å². The second-order valence-corrected chi connectivity index (χ2v) is 8.36. The molecule has 0 saturated carbocycles. The lowest BCUT2D eigenvalue weighted by atomic mass is 10.2. The third kappa shape index (κ3) is 4.44. The van der Waals surface area contributed by atoms with Crippen molar-refractivity contribution < 1.29 is 9.21 Å². The van der Waals surface area contributed by atoms with Crippen LogP contribution in [0.1, 0.15) is 11.3 Å². The van der Waals surface area contributed by atoms with E-state index in [0.717, 1.165) is 11.3 Å². The Morgan fingerprint density at radius 3 is 2.76 bits per heavy atom. The molecular weight excluding hydrogens is 406 g/mol. The van der Waals surface area contributed by atoms with E-state index in [4.69, 9.17) is 4.42 Å². The van der Waals surface area contributed by atoms with Crippen LogP contribution in [0.5, 0.6) is 0 Å². The van der Waals surface area contributed by atoms with Gasteiger partial charge >= 0.3 is 0 Å². The highest BCUT2D eigenvalue weighted by molar-refractivity contribution is 7.99. The summed E-state index contributed by atoms with van der Waals surface area (Å²) in [5.74, 6) is 0.864. The van der Waals surface area contributed by atoms with Crippen molar-refractivity contribution in [2.45, 2.75) is 18.2 Å². The van der Waals surface area contributed by atoms with Crippen molar-refractivity contribution in [3.63, 3.8) is 0 Å². The van der Waals surface area contributed by atoms with E-state index < -0.39 is 0 Å². The van der Waals surface area contributed by atoms with Crippen LogP contribution in [0.3, 0.4) is 0 Å². The van der Waals surface area contributed by atoms with Crippen LogP contribution in [-0.4, -0.2) is 26.1 Å². The van der Waals surface area contributed by atoms with Gasteiger partial charge in [0.05, 0.1) is 24.1 Å². The molecule has 0 atom stereocenters. The molecule has 8 heteroatoms. The van der Waals surface area contributed by atoms with Crippen LogP contribution in [0.2, 0.25) is 0 Å². The average Bonchev–Trinajstić information content (AvgIpc) is 3.41. The average molecular weight is 426 g/mol. The number of nitrogens with zero attached hydrogens (tertiary/aromatic N) is 3. The Balaban J connectivity index is 1.51. The molecule has 4 aromatic rings. The largest absolute Gasteiger partial charge is 0.467 e. The maximum Gasteiger partial charge on any atom is 0.271 e. The van der Waals surface area contributed by atoms with Gasteiger partial charge in [0.1, 0.15) is 10.5 Å². The van der Waals surface area contributed by atoms with Crippen molar-refractivity contribution >= 4 is 39.2 Å². The van der Waals surface area contributed by atoms with Crippen LogP contribution in [0.15, 0.2) is 74.5 Å². The summed E-state index contributed by atoms with van der Waals surface area (Å²) >= 11 is 2.65. The maximum absolute atomic E-state index is 13.0. The van der Waals surface area contributed by atoms with Gasteiger partial charge in [-0.15, -0.1) is 11.3 Å². The molecule has 0 fully saturated rings. The van der Waals surface area contributed by atoms with Crippen LogP contribution in [-0.2, 0) is 24.9 Å². The third-order valence-electron chi connectivity index (χ3n) is 4.47. The lowest BCUT2D eigenvalue weighted by Gasteiger charge is -2.22. The fraction of sp³-hybridized carbons (Fsp3) is 0.190. The van der Waals surface area contributed by atoms with E-state index in [1.165, 1.54) is 27.7 Å². The molecule has 0 bridgehead atoms. The minimum Gasteiger partial charge on any atom is -0.467 e. The zero-order chi connectivity index (χ0) is 20.2. The third-order valence-corrected chi connectivity index (χ3v) is 6.37. The normalized spacial score (nSPS) is 11.1. The van der Waals surface area contributed by atoms with Crippen molar-refractivity contribution in [1.29, 1.82) is 0 Å². The topological polar surface area (TPSA) is 68.3 Å². The number of carbonyl (C=O) groups excluding carboxylic acids is 1. The zero-order valence-electron chi connectivity index (χ0n) is 15.8. The summed E-state index contributed by atoms with van der Waals surface area (Å²) in [6.45, 7) is 0.869. The van der Waals surface area contributed by atoms with E-state index in [1.807, 2.05) is 53.9 Å². The van der Waals surface area contributed by atoms with E-state index in [2.05, 4.69) is 4.98 Å². The Labute approximate surface area is 175 Å². The van der Waals surface area contributed by atoms with Crippen LogP contribution >= 0.6 is 23.1 Å². The van der Waals surface area contributed by atoms with Crippen molar-refractivity contribution in [1.82, 2.24) is 14.5 Å². The molecule has 0 unspecified atom stereocenters. The summed E-state index contributed by atoms with van der Waals surface area (Å²) in [7, 11) is 1.69. The molecule has 0 saturated heterocycles. The molecule has 3 aromatic heterocycles. The number of amides is 1. The Hall–Kier alpha value is -2.84. The van der Waals surface area contributed by atoms with Gasteiger partial charge in [0.2, 0.25) is 5.91 Å². The number of rotatable bonds is 7. The van der Waals surface area contributed by atoms with Crippen LogP contribution in [0, 0.1) is 0 Å². The molecule has 0 spiro atoms. The van der Waals surface area contributed by atoms with Crippen molar-refractivity contribution in [3.05, 3.63) is 81.9 Å². The maximum atomic E-state index is 13.0. The van der Waals surface area contributed by atoms with Crippen LogP contribution in [0.25, 0.3) is 10.2 Å². The molecule has 29 heavy (non-hydrogen) atoms. The second kappa shape index (κ2) is 8.67. The minimum absolute atomic E-state index is 0.0464. The van der Waals surface area contributed by atoms with E-state index in [9.17, 15) is 9.59 Å². The SMILES string of the molecule is Cn1c(SCC(=O)N(Cc2ccccc2)Cc2ccco2)nc2ccsc2c1=O. The van der Waals surface area contributed by atoms with Crippen LogP contribution < -0.4 is 5.56 Å². The number of hydrogen-bond donors (Lipinski definition) is 0. The number of fused-ring (bicyclic) bond motifs is 1. The minimum atomic E-state index is -0.0864. The number of hydrogen-bond acceptors (Lipinski definition) is 6. The number of aromatic nitrogens is 2. The molecule has 6 nitrogen and oxygen atoms in total. The van der Waals surface area contributed by atoms with E-state index in [1.54, 1.807) is 18.2 Å². The summed E-state index contributed by atoms with van der Waals surface area (Å²) in [6, 6.07) is 15.3. The Kier molecular flexibility index (Phi) is 5.82. The summed E-state index contributed by atoms with van der Waals surface area (Å²) in [6.07, 6.45) is 1.60. The second-order valence-electron chi connectivity index (χ2n) is 6.50. The Morgan fingerprint density at radius 1 is 1.17 bits per heavy atom. The number of carbonyl (C=O) groups is 1. The predicted molar refractivity (Wildman–Crippen MR) is 115 cm³/mol. The number of furan rings is 1. The summed E-state index contributed by atoms with van der Waals surface area (Å²) in [5, 5.41) is 2.38. The predicted octanol–water partition coefficient (Wildman–Crippen LogP) is 3.91. The number of thiophene rings is 1. The molecule has 1 aromatic carbocycles. The highest BCUT2D eigenvalue weighted by Gasteiger charge is 2.18. The summed E-state index contributed by atoms with van der Waals surface area (Å²) in [5.41, 5.74) is 1.63. The fourth-order valence-electron chi connectivity index (χ4n) is 2.94. The molecule has 0 aliphatic heterocycles. The first-order chi connectivity index (χ1) is 14.1. The number of thioether (sulfide) groups is 1. The highest BCUT2D eigenvalue weighted by Crippen LogP contribution is 2.21. The quantitative estimate of drug-likeness (QED) is 0.332. The van der Waals surface area contributed by atoms with Gasteiger partial charge < -0.3 is 9.32 Å². The molecular formula is C21H19N3O3S2. The van der Waals surface area contributed by atoms with E-state index >= 15 is 0 Å². The molecule has 4 rings (SSSR count). The van der Waals surface area contributed by atoms with Gasteiger partial charge in [-0.3, -0.25) is 14.2 Å². The highest BCUT2D eigenvalue weighted by atomic mass is 32.2. The van der Waals surface area contributed by atoms with Gasteiger partial charge in [0.15, 0.2) is 5.16 Å². The fourth-order valence-corrected chi connectivity index (χ4v) is 4.62. The van der Waals surface area contributed by atoms with E-state index in [0.29, 0.717) is 28.5 Å². The molecule has 0 N–H and O–H groups in total. The molecule has 1 amide bonds. The summed E-state index contributed by atoms with van der Waals surface area (Å²) in [4.78, 5) is 31.7. The Bertz CT molecular complexity index is 1170. The first-order valence-corrected chi connectivity index (χ1v) is 10.9. The first-order valence-electron chi connectivity index (χ1n) is 9.03. The van der Waals surface area contributed by atoms with Gasteiger partial charge in [-0.2, -0.15) is 0 Å². The molecule has 0 aliphatic rings. The Morgan fingerprint density at radius 2 is 2.00 bits per heavy atom. The molecule has 3 heterocycles. The van der Waals surface area contributed by atoms with Gasteiger partial charge in [0, 0.05) is 13.6 Å². The smallest absolute Gasteiger partial charge is 0.271 e. The van der Waals surface area contributed by atoms with E-state index in [-0.39, 0.29) is 17.2 Å². The van der Waals surface area contributed by atoms with Gasteiger partial charge in [-0.05, 0) is 29.1 Å². The van der Waals surface area contributed by atoms with Crippen molar-refractivity contribution in [2.75, 3.05) is 5.75 Å². The molecule has 148 valence electrons. The van der Waals surface area contributed by atoms with Gasteiger partial charge in [-0.25, -0.2) is 4.98 Å². The summed E-state index contributed by atoms with van der Waals surface area (Å²) < 4.78 is 7.57. The molecule has 0 radical (unpaired) electrons. The monoisotopic (exact) mass is 425 g/mol. The first kappa shape index (κ1) is 19.5. The van der Waals surface area contributed by atoms with Gasteiger partial charge in [-0.1, -0.05) is 42.1 Å². The lowest BCUT2D eigenvalue weighted by Crippen LogP contribution is -2.31. The zero-order valence-corrected chi connectivity index (χ0v) is 17.4. The van der Waals surface area contributed by atoms with Crippen molar-refractivity contribution in [2.24, 2.45) is 7.05 Å². The number of benzene rings is 1. The van der Waals surface area contributed by atoms with Gasteiger partial charge in [0.25, 0.3) is 5.56 Å². The standard InChI is InChI=1S/C21H19N3O3S2/c1-23-20(26)19-17(9-11-28-19)22-21(23)29-14-18(25)24(13-16-8-5-10-27-16)12-15-6-3-2-4-7-15/h2-11H,12-14H2,1H3. The lowest BCUT2D eigenvalue weighted by molar-refractivity contribution is -0.129.